The first kappa shape index (κ1) is 21.7. The van der Waals surface area contributed by atoms with Gasteiger partial charge in [0.05, 0.1) is 33.6 Å². The molecule has 3 aromatic rings. The number of hydrogen-bond acceptors (Lipinski definition) is 5. The highest BCUT2D eigenvalue weighted by Gasteiger charge is 2.28. The van der Waals surface area contributed by atoms with E-state index in [1.54, 1.807) is 33.2 Å². The molecule has 32 heavy (non-hydrogen) atoms. The molecule has 7 heteroatoms. The summed E-state index contributed by atoms with van der Waals surface area (Å²) in [6.45, 7) is 1.94. The molecule has 0 bridgehead atoms. The second-order valence-corrected chi connectivity index (χ2v) is 7.87. The molecular formula is C25H29N3O4. The summed E-state index contributed by atoms with van der Waals surface area (Å²) in [5.74, 6) is 2.68. The van der Waals surface area contributed by atoms with Gasteiger partial charge in [-0.25, -0.2) is 4.98 Å². The Balaban J connectivity index is 1.82. The SMILES string of the molecule is COc1cc(CN(C(C)=O)c2c(C3CC=CCC3)nc3ccccn23)cc(OC)c1OC. The number of allylic oxidation sites excluding steroid dienone is 2. The van der Waals surface area contributed by atoms with Crippen molar-refractivity contribution in [3.8, 4) is 17.2 Å². The van der Waals surface area contributed by atoms with Crippen LogP contribution in [0.5, 0.6) is 17.2 Å². The number of amides is 1. The third kappa shape index (κ3) is 4.02. The molecule has 1 unspecified atom stereocenters. The first-order valence-corrected chi connectivity index (χ1v) is 10.8. The summed E-state index contributed by atoms with van der Waals surface area (Å²) >= 11 is 0. The van der Waals surface area contributed by atoms with Gasteiger partial charge in [0.2, 0.25) is 11.7 Å². The van der Waals surface area contributed by atoms with Gasteiger partial charge >= 0.3 is 0 Å². The molecule has 2 heterocycles. The Labute approximate surface area is 188 Å². The normalized spacial score (nSPS) is 15.6. The summed E-state index contributed by atoms with van der Waals surface area (Å²) in [5, 5.41) is 0. The van der Waals surface area contributed by atoms with Crippen LogP contribution in [0, 0.1) is 0 Å². The summed E-state index contributed by atoms with van der Waals surface area (Å²) in [6, 6.07) is 9.66. The molecule has 0 spiro atoms. The lowest BCUT2D eigenvalue weighted by molar-refractivity contribution is -0.116. The fraction of sp³-hybridized carbons (Fsp3) is 0.360. The van der Waals surface area contributed by atoms with Gasteiger partial charge < -0.3 is 14.2 Å². The van der Waals surface area contributed by atoms with E-state index >= 15 is 0 Å². The molecule has 1 aliphatic rings. The molecular weight excluding hydrogens is 406 g/mol. The average Bonchev–Trinajstić information content (AvgIpc) is 3.21. The molecule has 0 N–H and O–H groups in total. The van der Waals surface area contributed by atoms with Crippen molar-refractivity contribution in [3.05, 3.63) is 59.9 Å². The molecule has 1 amide bonds. The van der Waals surface area contributed by atoms with Crippen molar-refractivity contribution < 1.29 is 19.0 Å². The number of anilines is 1. The minimum Gasteiger partial charge on any atom is -0.493 e. The molecule has 1 atom stereocenters. The van der Waals surface area contributed by atoms with Gasteiger partial charge in [0.15, 0.2) is 11.5 Å². The first-order valence-electron chi connectivity index (χ1n) is 10.8. The van der Waals surface area contributed by atoms with Gasteiger partial charge in [-0.2, -0.15) is 0 Å². The average molecular weight is 436 g/mol. The fourth-order valence-corrected chi connectivity index (χ4v) is 4.33. The number of rotatable bonds is 7. The second-order valence-electron chi connectivity index (χ2n) is 7.87. The first-order chi connectivity index (χ1) is 15.6. The third-order valence-corrected chi connectivity index (χ3v) is 5.89. The van der Waals surface area contributed by atoms with Crippen molar-refractivity contribution in [3.63, 3.8) is 0 Å². The number of carbonyl (C=O) groups is 1. The summed E-state index contributed by atoms with van der Waals surface area (Å²) in [5.41, 5.74) is 2.67. The number of benzene rings is 1. The van der Waals surface area contributed by atoms with Crippen molar-refractivity contribution in [2.45, 2.75) is 38.6 Å². The predicted molar refractivity (Wildman–Crippen MR) is 124 cm³/mol. The molecule has 0 saturated carbocycles. The van der Waals surface area contributed by atoms with Crippen LogP contribution >= 0.6 is 0 Å². The van der Waals surface area contributed by atoms with E-state index in [0.29, 0.717) is 23.8 Å². The molecule has 2 aromatic heterocycles. The number of pyridine rings is 1. The molecule has 168 valence electrons. The van der Waals surface area contributed by atoms with E-state index in [-0.39, 0.29) is 11.8 Å². The minimum absolute atomic E-state index is 0.0583. The monoisotopic (exact) mass is 435 g/mol. The Kier molecular flexibility index (Phi) is 6.35. The van der Waals surface area contributed by atoms with Crippen LogP contribution in [-0.2, 0) is 11.3 Å². The number of nitrogens with zero attached hydrogens (tertiary/aromatic N) is 3. The van der Waals surface area contributed by atoms with Crippen LogP contribution in [0.15, 0.2) is 48.7 Å². The molecule has 0 fully saturated rings. The minimum atomic E-state index is -0.0583. The largest absolute Gasteiger partial charge is 0.493 e. The standard InChI is InChI=1S/C25H29N3O4/c1-17(29)28(16-18-14-20(30-2)24(32-4)21(15-18)31-3)25-23(19-10-6-5-7-11-19)26-22-12-8-9-13-27(22)25/h5-6,8-9,12-15,19H,7,10-11,16H2,1-4H3. The Bertz CT molecular complexity index is 1130. The van der Waals surface area contributed by atoms with E-state index in [0.717, 1.165) is 42.0 Å². The molecule has 7 nitrogen and oxygen atoms in total. The molecule has 4 rings (SSSR count). The van der Waals surface area contributed by atoms with Crippen molar-refractivity contribution in [1.29, 1.82) is 0 Å². The summed E-state index contributed by atoms with van der Waals surface area (Å²) in [4.78, 5) is 19.7. The van der Waals surface area contributed by atoms with E-state index in [1.807, 2.05) is 40.9 Å². The lowest BCUT2D eigenvalue weighted by Gasteiger charge is -2.26. The van der Waals surface area contributed by atoms with Crippen molar-refractivity contribution in [1.82, 2.24) is 9.38 Å². The molecule has 1 aliphatic carbocycles. The van der Waals surface area contributed by atoms with Crippen LogP contribution in [-0.4, -0.2) is 36.6 Å². The van der Waals surface area contributed by atoms with Crippen LogP contribution < -0.4 is 19.1 Å². The Morgan fingerprint density at radius 3 is 2.47 bits per heavy atom. The lowest BCUT2D eigenvalue weighted by Crippen LogP contribution is -2.30. The quantitative estimate of drug-likeness (QED) is 0.502. The van der Waals surface area contributed by atoms with Gasteiger partial charge in [-0.3, -0.25) is 14.1 Å². The number of aromatic nitrogens is 2. The van der Waals surface area contributed by atoms with Crippen molar-refractivity contribution in [2.75, 3.05) is 26.2 Å². The van der Waals surface area contributed by atoms with Crippen molar-refractivity contribution >= 4 is 17.4 Å². The van der Waals surface area contributed by atoms with Crippen LogP contribution in [0.4, 0.5) is 5.82 Å². The van der Waals surface area contributed by atoms with Crippen LogP contribution in [0.1, 0.15) is 43.4 Å². The number of methoxy groups -OCH3 is 3. The third-order valence-electron chi connectivity index (χ3n) is 5.89. The van der Waals surface area contributed by atoms with Gasteiger partial charge in [-0.05, 0) is 49.1 Å². The topological polar surface area (TPSA) is 65.3 Å². The predicted octanol–water partition coefficient (Wildman–Crippen LogP) is 4.74. The maximum atomic E-state index is 12.9. The van der Waals surface area contributed by atoms with Gasteiger partial charge in [-0.1, -0.05) is 18.2 Å². The highest BCUT2D eigenvalue weighted by Crippen LogP contribution is 2.40. The lowest BCUT2D eigenvalue weighted by atomic mass is 9.91. The molecule has 0 aliphatic heterocycles. The van der Waals surface area contributed by atoms with E-state index in [9.17, 15) is 4.79 Å². The zero-order valence-electron chi connectivity index (χ0n) is 19.0. The fourth-order valence-electron chi connectivity index (χ4n) is 4.33. The van der Waals surface area contributed by atoms with Crippen LogP contribution in [0.25, 0.3) is 5.65 Å². The van der Waals surface area contributed by atoms with Crippen LogP contribution in [0.2, 0.25) is 0 Å². The van der Waals surface area contributed by atoms with E-state index in [4.69, 9.17) is 19.2 Å². The highest BCUT2D eigenvalue weighted by molar-refractivity contribution is 5.92. The van der Waals surface area contributed by atoms with E-state index in [2.05, 4.69) is 12.2 Å². The second kappa shape index (κ2) is 9.34. The number of fused-ring (bicyclic) bond motifs is 1. The van der Waals surface area contributed by atoms with Gasteiger partial charge in [-0.15, -0.1) is 0 Å². The van der Waals surface area contributed by atoms with Crippen LogP contribution in [0.3, 0.4) is 0 Å². The van der Waals surface area contributed by atoms with Gasteiger partial charge in [0.25, 0.3) is 0 Å². The Hall–Kier alpha value is -3.48. The highest BCUT2D eigenvalue weighted by atomic mass is 16.5. The summed E-state index contributed by atoms with van der Waals surface area (Å²) in [7, 11) is 4.75. The van der Waals surface area contributed by atoms with Crippen molar-refractivity contribution in [2.24, 2.45) is 0 Å². The number of carbonyl (C=O) groups excluding carboxylic acids is 1. The maximum absolute atomic E-state index is 12.9. The smallest absolute Gasteiger partial charge is 0.225 e. The molecule has 0 saturated heterocycles. The maximum Gasteiger partial charge on any atom is 0.225 e. The van der Waals surface area contributed by atoms with E-state index < -0.39 is 0 Å². The zero-order chi connectivity index (χ0) is 22.7. The molecule has 1 aromatic carbocycles. The summed E-state index contributed by atoms with van der Waals surface area (Å²) < 4.78 is 18.5. The Morgan fingerprint density at radius 2 is 1.88 bits per heavy atom. The molecule has 0 radical (unpaired) electrons. The Morgan fingerprint density at radius 1 is 1.12 bits per heavy atom. The zero-order valence-corrected chi connectivity index (χ0v) is 19.0. The number of hydrogen-bond donors (Lipinski definition) is 0. The number of imidazole rings is 1. The van der Waals surface area contributed by atoms with E-state index in [1.165, 1.54) is 0 Å². The van der Waals surface area contributed by atoms with Gasteiger partial charge in [0.1, 0.15) is 11.5 Å². The number of ether oxygens (including phenoxy) is 3. The van der Waals surface area contributed by atoms with Gasteiger partial charge in [0, 0.05) is 19.0 Å². The summed E-state index contributed by atoms with van der Waals surface area (Å²) in [6.07, 6.45) is 9.34.